The highest BCUT2D eigenvalue weighted by Crippen LogP contribution is 2.37. The van der Waals surface area contributed by atoms with E-state index in [0.717, 1.165) is 49.4 Å². The Morgan fingerprint density at radius 1 is 0.895 bits per heavy atom. The Bertz CT molecular complexity index is 1050. The summed E-state index contributed by atoms with van der Waals surface area (Å²) in [4.78, 5) is 19.1. The van der Waals surface area contributed by atoms with Crippen LogP contribution in [0.5, 0.6) is 0 Å². The molecule has 2 aliphatic heterocycles. The highest BCUT2D eigenvalue weighted by atomic mass is 32.2. The maximum Gasteiger partial charge on any atom is 0.446 e. The van der Waals surface area contributed by atoms with E-state index in [9.17, 15) is 31.1 Å². The normalized spacial score (nSPS) is 19.5. The Labute approximate surface area is 222 Å². The first-order chi connectivity index (χ1) is 18.0. The van der Waals surface area contributed by atoms with Gasteiger partial charge in [-0.25, -0.2) is 0 Å². The summed E-state index contributed by atoms with van der Waals surface area (Å²) in [6.45, 7) is 4.64. The van der Waals surface area contributed by atoms with E-state index in [1.165, 1.54) is 24.3 Å². The molecule has 1 unspecified atom stereocenters. The summed E-state index contributed by atoms with van der Waals surface area (Å²) in [7, 11) is 0. The summed E-state index contributed by atoms with van der Waals surface area (Å²) in [6, 6.07) is 11.3. The first kappa shape index (κ1) is 28.4. The molecule has 0 radical (unpaired) electrons. The smallest absolute Gasteiger partial charge is 0.381 e. The SMILES string of the molecule is O=C(CCN1CCN(c2ccc(C(F)(F)F)cc2)CC1)N1CCCC(Nc2ccc(SC(F)(F)F)cc2)C1. The Balaban J connectivity index is 1.19. The summed E-state index contributed by atoms with van der Waals surface area (Å²) in [6.07, 6.45) is -2.25. The molecule has 1 N–H and O–H groups in total. The van der Waals surface area contributed by atoms with Crippen molar-refractivity contribution in [3.05, 3.63) is 54.1 Å². The Morgan fingerprint density at radius 3 is 2.16 bits per heavy atom. The second-order valence-corrected chi connectivity index (χ2v) is 10.7. The number of alkyl halides is 6. The predicted molar refractivity (Wildman–Crippen MR) is 136 cm³/mol. The van der Waals surface area contributed by atoms with E-state index in [2.05, 4.69) is 10.2 Å². The maximum absolute atomic E-state index is 12.9. The van der Waals surface area contributed by atoms with Crippen LogP contribution in [0.3, 0.4) is 0 Å². The minimum Gasteiger partial charge on any atom is -0.381 e. The number of thioether (sulfide) groups is 1. The van der Waals surface area contributed by atoms with E-state index in [-0.39, 0.29) is 28.6 Å². The fourth-order valence-corrected chi connectivity index (χ4v) is 5.35. The van der Waals surface area contributed by atoms with E-state index < -0.39 is 17.2 Å². The van der Waals surface area contributed by atoms with Gasteiger partial charge in [0.05, 0.1) is 5.56 Å². The first-order valence-electron chi connectivity index (χ1n) is 12.5. The predicted octanol–water partition coefficient (Wildman–Crippen LogP) is 5.93. The lowest BCUT2D eigenvalue weighted by Crippen LogP contribution is -2.49. The molecule has 1 amide bonds. The number of piperazine rings is 1. The number of hydrogen-bond acceptors (Lipinski definition) is 5. The number of piperidine rings is 1. The van der Waals surface area contributed by atoms with Crippen LogP contribution in [-0.2, 0) is 11.0 Å². The van der Waals surface area contributed by atoms with Crippen molar-refractivity contribution in [1.29, 1.82) is 0 Å². The molecule has 1 atom stereocenters. The number of nitrogens with zero attached hydrogens (tertiary/aromatic N) is 3. The third-order valence-electron chi connectivity index (χ3n) is 6.81. The van der Waals surface area contributed by atoms with Gasteiger partial charge in [0.25, 0.3) is 0 Å². The summed E-state index contributed by atoms with van der Waals surface area (Å²) < 4.78 is 75.9. The number of carbonyl (C=O) groups is 1. The van der Waals surface area contributed by atoms with Crippen molar-refractivity contribution in [3.63, 3.8) is 0 Å². The zero-order chi connectivity index (χ0) is 27.3. The number of likely N-dealkylation sites (tertiary alicyclic amines) is 1. The van der Waals surface area contributed by atoms with E-state index in [1.807, 2.05) is 9.80 Å². The van der Waals surface area contributed by atoms with Gasteiger partial charge in [-0.15, -0.1) is 0 Å². The van der Waals surface area contributed by atoms with Crippen LogP contribution in [0.1, 0.15) is 24.8 Å². The van der Waals surface area contributed by atoms with Gasteiger partial charge in [0.2, 0.25) is 5.91 Å². The minimum absolute atomic E-state index is 0.0288. The zero-order valence-corrected chi connectivity index (χ0v) is 21.5. The lowest BCUT2D eigenvalue weighted by molar-refractivity contribution is -0.137. The van der Waals surface area contributed by atoms with Crippen LogP contribution in [-0.4, -0.2) is 73.1 Å². The van der Waals surface area contributed by atoms with Crippen molar-refractivity contribution >= 4 is 29.0 Å². The van der Waals surface area contributed by atoms with Crippen molar-refractivity contribution in [2.75, 3.05) is 56.0 Å². The van der Waals surface area contributed by atoms with Crippen LogP contribution in [0.4, 0.5) is 37.7 Å². The lowest BCUT2D eigenvalue weighted by atomic mass is 10.0. The topological polar surface area (TPSA) is 38.8 Å². The van der Waals surface area contributed by atoms with Crippen molar-refractivity contribution in [2.24, 2.45) is 0 Å². The maximum atomic E-state index is 12.9. The van der Waals surface area contributed by atoms with E-state index in [4.69, 9.17) is 0 Å². The van der Waals surface area contributed by atoms with E-state index in [1.54, 1.807) is 12.1 Å². The summed E-state index contributed by atoms with van der Waals surface area (Å²) in [5.74, 6) is 0.0681. The van der Waals surface area contributed by atoms with Gasteiger partial charge >= 0.3 is 11.7 Å². The summed E-state index contributed by atoms with van der Waals surface area (Å²) >= 11 is -0.148. The number of amides is 1. The van der Waals surface area contributed by atoms with Gasteiger partial charge in [0.1, 0.15) is 0 Å². The largest absolute Gasteiger partial charge is 0.446 e. The molecule has 0 bridgehead atoms. The summed E-state index contributed by atoms with van der Waals surface area (Å²) in [5.41, 5.74) is -3.50. The van der Waals surface area contributed by atoms with E-state index >= 15 is 0 Å². The van der Waals surface area contributed by atoms with Crippen molar-refractivity contribution in [2.45, 2.75) is 41.9 Å². The van der Waals surface area contributed by atoms with E-state index in [0.29, 0.717) is 39.1 Å². The zero-order valence-electron chi connectivity index (χ0n) is 20.7. The van der Waals surface area contributed by atoms with Gasteiger partial charge in [0, 0.05) is 74.5 Å². The highest BCUT2D eigenvalue weighted by Gasteiger charge is 2.31. The fourth-order valence-electron chi connectivity index (χ4n) is 4.81. The standard InChI is InChI=1S/C26H30F6N4OS/c27-25(28,29)19-3-7-22(8-4-19)35-16-14-34(15-17-35)13-11-24(37)36-12-1-2-21(18-36)33-20-5-9-23(10-6-20)38-26(30,31)32/h3-10,21,33H,1-2,11-18H2. The molecular weight excluding hydrogens is 530 g/mol. The number of anilines is 2. The van der Waals surface area contributed by atoms with Gasteiger partial charge in [-0.05, 0) is 73.1 Å². The second-order valence-electron chi connectivity index (χ2n) is 9.52. The molecule has 5 nitrogen and oxygen atoms in total. The van der Waals surface area contributed by atoms with Crippen molar-refractivity contribution in [3.8, 4) is 0 Å². The van der Waals surface area contributed by atoms with Crippen LogP contribution < -0.4 is 10.2 Å². The Kier molecular flexibility index (Phi) is 9.02. The second kappa shape index (κ2) is 12.1. The molecule has 0 spiro atoms. The number of rotatable bonds is 7. The summed E-state index contributed by atoms with van der Waals surface area (Å²) in [5, 5.41) is 3.33. The molecule has 0 aromatic heterocycles. The van der Waals surface area contributed by atoms with Gasteiger partial charge in [0.15, 0.2) is 0 Å². The fraction of sp³-hybridized carbons (Fsp3) is 0.500. The molecule has 2 heterocycles. The average molecular weight is 561 g/mol. The molecular formula is C26H30F6N4OS. The van der Waals surface area contributed by atoms with Crippen LogP contribution in [0.25, 0.3) is 0 Å². The number of benzene rings is 2. The third-order valence-corrected chi connectivity index (χ3v) is 7.55. The molecule has 38 heavy (non-hydrogen) atoms. The van der Waals surface area contributed by atoms with Crippen LogP contribution in [0, 0.1) is 0 Å². The van der Waals surface area contributed by atoms with Crippen LogP contribution in [0.2, 0.25) is 0 Å². The van der Waals surface area contributed by atoms with Gasteiger partial charge in [-0.1, -0.05) is 0 Å². The van der Waals surface area contributed by atoms with Gasteiger partial charge in [-0.3, -0.25) is 9.69 Å². The van der Waals surface area contributed by atoms with Gasteiger partial charge in [-0.2, -0.15) is 26.3 Å². The Hall–Kier alpha value is -2.60. The number of hydrogen-bond donors (Lipinski definition) is 1. The van der Waals surface area contributed by atoms with Gasteiger partial charge < -0.3 is 15.1 Å². The quantitative estimate of drug-likeness (QED) is 0.336. The first-order valence-corrected chi connectivity index (χ1v) is 13.3. The minimum atomic E-state index is -4.35. The average Bonchev–Trinajstić information content (AvgIpc) is 2.88. The molecule has 2 fully saturated rings. The molecule has 2 aromatic carbocycles. The molecule has 0 aliphatic carbocycles. The van der Waals surface area contributed by atoms with Crippen molar-refractivity contribution in [1.82, 2.24) is 9.80 Å². The third kappa shape index (κ3) is 8.20. The molecule has 12 heteroatoms. The number of nitrogens with one attached hydrogen (secondary N) is 1. The molecule has 208 valence electrons. The molecule has 2 aliphatic rings. The number of halogens is 6. The monoisotopic (exact) mass is 560 g/mol. The molecule has 4 rings (SSSR count). The molecule has 2 saturated heterocycles. The van der Waals surface area contributed by atoms with Crippen LogP contribution in [0.15, 0.2) is 53.4 Å². The lowest BCUT2D eigenvalue weighted by Gasteiger charge is -2.37. The Morgan fingerprint density at radius 2 is 1.55 bits per heavy atom. The molecule has 0 saturated carbocycles. The number of carbonyl (C=O) groups excluding carboxylic acids is 1. The van der Waals surface area contributed by atoms with Crippen molar-refractivity contribution < 1.29 is 31.1 Å². The van der Waals surface area contributed by atoms with Crippen LogP contribution >= 0.6 is 11.8 Å². The highest BCUT2D eigenvalue weighted by molar-refractivity contribution is 8.00. The molecule has 2 aromatic rings.